The lowest BCUT2D eigenvalue weighted by Crippen LogP contribution is -2.23. The Morgan fingerprint density at radius 1 is 1.18 bits per heavy atom. The number of rotatable bonds is 6. The maximum Gasteiger partial charge on any atom is 0.338 e. The van der Waals surface area contributed by atoms with E-state index < -0.39 is 0 Å². The average Bonchev–Trinajstić information content (AvgIpc) is 2.37. The van der Waals surface area contributed by atoms with Crippen LogP contribution in [0.3, 0.4) is 0 Å². The maximum atomic E-state index is 11.7. The van der Waals surface area contributed by atoms with Crippen LogP contribution in [0, 0.1) is 0 Å². The molecule has 0 amide bonds. The number of methoxy groups -OCH3 is 2. The van der Waals surface area contributed by atoms with Gasteiger partial charge < -0.3 is 14.2 Å². The van der Waals surface area contributed by atoms with Crippen LogP contribution in [-0.4, -0.2) is 32.6 Å². The van der Waals surface area contributed by atoms with Crippen LogP contribution < -0.4 is 0 Å². The predicted molar refractivity (Wildman–Crippen MR) is 63.7 cm³/mol. The third-order valence-electron chi connectivity index (χ3n) is 2.37. The van der Waals surface area contributed by atoms with Gasteiger partial charge in [0.2, 0.25) is 0 Å². The summed E-state index contributed by atoms with van der Waals surface area (Å²) in [7, 11) is 3.11. The van der Waals surface area contributed by atoms with Crippen LogP contribution >= 0.6 is 0 Å². The molecule has 0 aliphatic heterocycles. The van der Waals surface area contributed by atoms with Gasteiger partial charge in [-0.15, -0.1) is 0 Å². The largest absolute Gasteiger partial charge is 0.459 e. The lowest BCUT2D eigenvalue weighted by Gasteiger charge is -2.18. The number of benzene rings is 1. The molecule has 0 saturated carbocycles. The Balaban J connectivity index is 2.46. The van der Waals surface area contributed by atoms with Crippen molar-refractivity contribution in [2.45, 2.75) is 25.7 Å². The minimum atomic E-state index is -0.353. The molecule has 1 aromatic rings. The van der Waals surface area contributed by atoms with E-state index in [4.69, 9.17) is 14.2 Å². The molecule has 4 heteroatoms. The first-order chi connectivity index (χ1) is 8.17. The van der Waals surface area contributed by atoms with Crippen molar-refractivity contribution in [2.75, 3.05) is 14.2 Å². The molecule has 1 aromatic carbocycles. The summed E-state index contributed by atoms with van der Waals surface area (Å²) in [6.45, 7) is 1.81. The van der Waals surface area contributed by atoms with Crippen molar-refractivity contribution in [1.29, 1.82) is 0 Å². The van der Waals surface area contributed by atoms with Gasteiger partial charge in [0.05, 0.1) is 5.56 Å². The van der Waals surface area contributed by atoms with Gasteiger partial charge >= 0.3 is 5.97 Å². The van der Waals surface area contributed by atoms with Gasteiger partial charge in [-0.1, -0.05) is 18.2 Å². The zero-order valence-corrected chi connectivity index (χ0v) is 10.4. The van der Waals surface area contributed by atoms with Gasteiger partial charge in [0.1, 0.15) is 6.10 Å². The Bertz CT molecular complexity index is 333. The van der Waals surface area contributed by atoms with E-state index in [-0.39, 0.29) is 18.4 Å². The van der Waals surface area contributed by atoms with E-state index in [0.29, 0.717) is 12.0 Å². The lowest BCUT2D eigenvalue weighted by atomic mass is 10.2. The standard InChI is InChI=1S/C13H18O4/c1-10(9-12(15-2)16-3)17-13(14)11-7-5-4-6-8-11/h4-8,10,12H,9H2,1-3H3. The van der Waals surface area contributed by atoms with Crippen LogP contribution in [0.2, 0.25) is 0 Å². The maximum absolute atomic E-state index is 11.7. The van der Waals surface area contributed by atoms with Crippen LogP contribution in [0.4, 0.5) is 0 Å². The SMILES string of the molecule is COC(CC(C)OC(=O)c1ccccc1)OC. The molecular formula is C13H18O4. The minimum Gasteiger partial charge on any atom is -0.459 e. The van der Waals surface area contributed by atoms with E-state index in [1.54, 1.807) is 38.5 Å². The number of ether oxygens (including phenoxy) is 3. The lowest BCUT2D eigenvalue weighted by molar-refractivity contribution is -0.121. The van der Waals surface area contributed by atoms with Crippen molar-refractivity contribution in [3.8, 4) is 0 Å². The molecule has 0 saturated heterocycles. The molecular weight excluding hydrogens is 220 g/mol. The number of hydrogen-bond acceptors (Lipinski definition) is 4. The summed E-state index contributed by atoms with van der Waals surface area (Å²) in [6, 6.07) is 8.90. The highest BCUT2D eigenvalue weighted by molar-refractivity contribution is 5.89. The zero-order valence-electron chi connectivity index (χ0n) is 10.4. The van der Waals surface area contributed by atoms with Crippen molar-refractivity contribution in [3.05, 3.63) is 35.9 Å². The van der Waals surface area contributed by atoms with Gasteiger partial charge in [0.15, 0.2) is 6.29 Å². The molecule has 0 fully saturated rings. The molecule has 1 atom stereocenters. The topological polar surface area (TPSA) is 44.8 Å². The molecule has 4 nitrogen and oxygen atoms in total. The Hall–Kier alpha value is -1.39. The first-order valence-corrected chi connectivity index (χ1v) is 5.49. The van der Waals surface area contributed by atoms with E-state index in [9.17, 15) is 4.79 Å². The summed E-state index contributed by atoms with van der Waals surface area (Å²) in [5.74, 6) is -0.330. The number of carbonyl (C=O) groups is 1. The molecule has 0 bridgehead atoms. The molecule has 0 heterocycles. The molecule has 0 radical (unpaired) electrons. The molecule has 1 unspecified atom stereocenters. The highest BCUT2D eigenvalue weighted by atomic mass is 16.7. The molecule has 0 aromatic heterocycles. The number of carbonyl (C=O) groups excluding carboxylic acids is 1. The molecule has 1 rings (SSSR count). The van der Waals surface area contributed by atoms with Gasteiger partial charge in [0, 0.05) is 20.6 Å². The third-order valence-corrected chi connectivity index (χ3v) is 2.37. The highest BCUT2D eigenvalue weighted by Gasteiger charge is 2.16. The summed E-state index contributed by atoms with van der Waals surface area (Å²) in [6.07, 6.45) is -0.104. The van der Waals surface area contributed by atoms with E-state index in [1.165, 1.54) is 0 Å². The molecule has 0 N–H and O–H groups in total. The second kappa shape index (κ2) is 7.04. The normalized spacial score (nSPS) is 12.5. The third kappa shape index (κ3) is 4.54. The second-order valence-corrected chi connectivity index (χ2v) is 3.72. The smallest absolute Gasteiger partial charge is 0.338 e. The van der Waals surface area contributed by atoms with E-state index in [0.717, 1.165) is 0 Å². The van der Waals surface area contributed by atoms with Crippen molar-refractivity contribution in [2.24, 2.45) is 0 Å². The zero-order chi connectivity index (χ0) is 12.7. The first-order valence-electron chi connectivity index (χ1n) is 5.49. The Kier molecular flexibility index (Phi) is 5.66. The Morgan fingerprint density at radius 2 is 1.76 bits per heavy atom. The number of hydrogen-bond donors (Lipinski definition) is 0. The van der Waals surface area contributed by atoms with E-state index in [1.807, 2.05) is 13.0 Å². The van der Waals surface area contributed by atoms with Crippen LogP contribution in [0.1, 0.15) is 23.7 Å². The molecule has 94 valence electrons. The van der Waals surface area contributed by atoms with E-state index >= 15 is 0 Å². The quantitative estimate of drug-likeness (QED) is 0.563. The van der Waals surface area contributed by atoms with Gasteiger partial charge in [-0.05, 0) is 19.1 Å². The van der Waals surface area contributed by atoms with Crippen LogP contribution in [-0.2, 0) is 14.2 Å². The predicted octanol–water partition coefficient (Wildman–Crippen LogP) is 2.24. The van der Waals surface area contributed by atoms with Crippen molar-refractivity contribution in [3.63, 3.8) is 0 Å². The van der Waals surface area contributed by atoms with Gasteiger partial charge in [-0.2, -0.15) is 0 Å². The van der Waals surface area contributed by atoms with Crippen molar-refractivity contribution in [1.82, 2.24) is 0 Å². The fraction of sp³-hybridized carbons (Fsp3) is 0.462. The summed E-state index contributed by atoms with van der Waals surface area (Å²) in [5.41, 5.74) is 0.547. The van der Waals surface area contributed by atoms with Crippen LogP contribution in [0.15, 0.2) is 30.3 Å². The average molecular weight is 238 g/mol. The van der Waals surface area contributed by atoms with Crippen molar-refractivity contribution < 1.29 is 19.0 Å². The van der Waals surface area contributed by atoms with Crippen LogP contribution in [0.5, 0.6) is 0 Å². The fourth-order valence-corrected chi connectivity index (χ4v) is 1.43. The summed E-state index contributed by atoms with van der Waals surface area (Å²) in [4.78, 5) is 11.7. The molecule has 17 heavy (non-hydrogen) atoms. The summed E-state index contributed by atoms with van der Waals surface area (Å²) < 4.78 is 15.4. The summed E-state index contributed by atoms with van der Waals surface area (Å²) in [5, 5.41) is 0. The fourth-order valence-electron chi connectivity index (χ4n) is 1.43. The first kappa shape index (κ1) is 13.7. The van der Waals surface area contributed by atoms with Gasteiger partial charge in [-0.25, -0.2) is 4.79 Å². The highest BCUT2D eigenvalue weighted by Crippen LogP contribution is 2.09. The molecule has 0 aliphatic carbocycles. The van der Waals surface area contributed by atoms with Crippen LogP contribution in [0.25, 0.3) is 0 Å². The minimum absolute atomic E-state index is 0.257. The van der Waals surface area contributed by atoms with Gasteiger partial charge in [0.25, 0.3) is 0 Å². The number of esters is 1. The molecule has 0 spiro atoms. The molecule has 0 aliphatic rings. The van der Waals surface area contributed by atoms with Crippen molar-refractivity contribution >= 4 is 5.97 Å². The summed E-state index contributed by atoms with van der Waals surface area (Å²) >= 11 is 0. The van der Waals surface area contributed by atoms with Gasteiger partial charge in [-0.3, -0.25) is 0 Å². The monoisotopic (exact) mass is 238 g/mol. The van der Waals surface area contributed by atoms with E-state index in [2.05, 4.69) is 0 Å². The Morgan fingerprint density at radius 3 is 2.29 bits per heavy atom. The second-order valence-electron chi connectivity index (χ2n) is 3.72. The Labute approximate surface area is 101 Å².